The second-order valence-corrected chi connectivity index (χ2v) is 6.22. The molecule has 5 nitrogen and oxygen atoms in total. The molecule has 0 bridgehead atoms. The normalized spacial score (nSPS) is 20.3. The van der Waals surface area contributed by atoms with E-state index in [2.05, 4.69) is 15.8 Å². The monoisotopic (exact) mass is 389 g/mol. The molecule has 1 aliphatic rings. The Bertz CT molecular complexity index is 828. The molecule has 0 radical (unpaired) electrons. The van der Waals surface area contributed by atoms with Crippen LogP contribution in [0.2, 0.25) is 10.0 Å². The molecule has 1 atom stereocenters. The van der Waals surface area contributed by atoms with Gasteiger partial charge in [0.2, 0.25) is 11.7 Å². The molecule has 1 aliphatic heterocycles. The highest BCUT2D eigenvalue weighted by Gasteiger charge is 2.33. The Hall–Kier alpha value is -2.00. The number of nitrogens with one attached hydrogen (secondary N) is 2. The minimum Gasteiger partial charge on any atom is -0.369 e. The Balaban J connectivity index is 2.02. The molecule has 0 aromatic heterocycles. The van der Waals surface area contributed by atoms with Gasteiger partial charge < -0.3 is 5.73 Å². The van der Waals surface area contributed by atoms with E-state index in [1.807, 2.05) is 0 Å². The Labute approximate surface area is 150 Å². The highest BCUT2D eigenvalue weighted by atomic mass is 35.5. The molecule has 0 aliphatic carbocycles. The van der Waals surface area contributed by atoms with Crippen LogP contribution in [0, 0.1) is 0 Å². The molecule has 0 fully saturated rings. The summed E-state index contributed by atoms with van der Waals surface area (Å²) in [5, 5.41) is 0.434. The molecule has 25 heavy (non-hydrogen) atoms. The first-order chi connectivity index (χ1) is 11.6. The summed E-state index contributed by atoms with van der Waals surface area (Å²) in [6.07, 6.45) is -4.42. The predicted octanol–water partition coefficient (Wildman–Crippen LogP) is 3.17. The number of aliphatic imine (C=N–C) groups is 1. The molecular weight excluding hydrogens is 378 g/mol. The lowest BCUT2D eigenvalue weighted by Gasteiger charge is -2.22. The van der Waals surface area contributed by atoms with Gasteiger partial charge in [0.05, 0.1) is 15.6 Å². The topological polar surface area (TPSA) is 88.5 Å². The van der Waals surface area contributed by atoms with Crippen LogP contribution in [-0.4, -0.2) is 5.96 Å². The zero-order chi connectivity index (χ0) is 18.4. The van der Waals surface area contributed by atoms with E-state index in [9.17, 15) is 13.2 Å². The molecule has 0 amide bonds. The third-order valence-corrected chi connectivity index (χ3v) is 4.26. The van der Waals surface area contributed by atoms with Crippen LogP contribution < -0.4 is 22.3 Å². The summed E-state index contributed by atoms with van der Waals surface area (Å²) in [6.45, 7) is 0. The van der Waals surface area contributed by atoms with Crippen LogP contribution in [0.4, 0.5) is 13.2 Å². The maximum Gasteiger partial charge on any atom is 0.416 e. The van der Waals surface area contributed by atoms with E-state index in [4.69, 9.17) is 34.7 Å². The van der Waals surface area contributed by atoms with Crippen molar-refractivity contribution < 1.29 is 13.2 Å². The van der Waals surface area contributed by atoms with Crippen LogP contribution in [0.5, 0.6) is 0 Å². The van der Waals surface area contributed by atoms with Crippen molar-refractivity contribution in [3.63, 3.8) is 0 Å². The van der Waals surface area contributed by atoms with Crippen molar-refractivity contribution in [1.29, 1.82) is 0 Å². The summed E-state index contributed by atoms with van der Waals surface area (Å²) >= 11 is 12.6. The predicted molar refractivity (Wildman–Crippen MR) is 90.7 cm³/mol. The van der Waals surface area contributed by atoms with Crippen LogP contribution in [0.1, 0.15) is 11.1 Å². The zero-order valence-electron chi connectivity index (χ0n) is 12.5. The molecule has 132 valence electrons. The van der Waals surface area contributed by atoms with Crippen LogP contribution >= 0.6 is 23.2 Å². The Morgan fingerprint density at radius 1 is 1.04 bits per heavy atom. The van der Waals surface area contributed by atoms with Gasteiger partial charge in [0, 0.05) is 11.1 Å². The van der Waals surface area contributed by atoms with Gasteiger partial charge in [-0.05, 0) is 29.8 Å². The average molecular weight is 390 g/mol. The number of alkyl halides is 3. The Morgan fingerprint density at radius 2 is 1.60 bits per heavy atom. The number of hydrogen-bond acceptors (Lipinski definition) is 5. The van der Waals surface area contributed by atoms with E-state index >= 15 is 0 Å². The standard InChI is InChI=1S/C15H12Cl2F3N5/c16-10-5-9(15(22)23-13(21)24-25-15)6-11(17)12(10)7-1-3-8(4-2-7)14(18,19)20/h1-6,25H,22H2,(H3,21,23,24). The van der Waals surface area contributed by atoms with E-state index in [-0.39, 0.29) is 16.0 Å². The van der Waals surface area contributed by atoms with Gasteiger partial charge in [-0.3, -0.25) is 11.2 Å². The Kier molecular flexibility index (Phi) is 4.32. The van der Waals surface area contributed by atoms with Crippen LogP contribution in [0.25, 0.3) is 11.1 Å². The van der Waals surface area contributed by atoms with E-state index in [0.29, 0.717) is 16.7 Å². The van der Waals surface area contributed by atoms with Crippen LogP contribution in [0.15, 0.2) is 41.4 Å². The molecule has 2 aromatic rings. The molecule has 0 saturated heterocycles. The molecule has 0 spiro atoms. The number of halogens is 5. The smallest absolute Gasteiger partial charge is 0.369 e. The molecule has 2 aromatic carbocycles. The number of hydrazine groups is 1. The lowest BCUT2D eigenvalue weighted by Crippen LogP contribution is -2.50. The second-order valence-electron chi connectivity index (χ2n) is 5.40. The van der Waals surface area contributed by atoms with Gasteiger partial charge in [-0.15, -0.1) is 0 Å². The molecule has 1 unspecified atom stereocenters. The fraction of sp³-hybridized carbons (Fsp3) is 0.133. The minimum absolute atomic E-state index is 0.0987. The molecular formula is C15H12Cl2F3N5. The highest BCUT2D eigenvalue weighted by molar-refractivity contribution is 6.39. The largest absolute Gasteiger partial charge is 0.416 e. The first kappa shape index (κ1) is 17.8. The quantitative estimate of drug-likeness (QED) is 0.635. The molecule has 10 heteroatoms. The average Bonchev–Trinajstić information content (AvgIpc) is 2.87. The minimum atomic E-state index is -4.42. The van der Waals surface area contributed by atoms with Gasteiger partial charge >= 0.3 is 6.18 Å². The van der Waals surface area contributed by atoms with Crippen molar-refractivity contribution in [3.05, 3.63) is 57.6 Å². The summed E-state index contributed by atoms with van der Waals surface area (Å²) in [5.74, 6) is -1.25. The van der Waals surface area contributed by atoms with Crippen molar-refractivity contribution in [1.82, 2.24) is 10.9 Å². The van der Waals surface area contributed by atoms with Crippen molar-refractivity contribution in [2.75, 3.05) is 0 Å². The van der Waals surface area contributed by atoms with Gasteiger partial charge in [-0.25, -0.2) is 4.99 Å². The number of guanidine groups is 1. The van der Waals surface area contributed by atoms with Crippen LogP contribution in [-0.2, 0) is 12.0 Å². The van der Waals surface area contributed by atoms with E-state index in [1.165, 1.54) is 24.3 Å². The van der Waals surface area contributed by atoms with E-state index in [0.717, 1.165) is 12.1 Å². The second kappa shape index (κ2) is 6.06. The van der Waals surface area contributed by atoms with Gasteiger partial charge in [-0.2, -0.15) is 18.6 Å². The van der Waals surface area contributed by atoms with Crippen molar-refractivity contribution in [2.45, 2.75) is 12.0 Å². The maximum absolute atomic E-state index is 12.7. The number of hydrogen-bond donors (Lipinski definition) is 4. The number of nitrogens with zero attached hydrogens (tertiary/aromatic N) is 1. The van der Waals surface area contributed by atoms with Crippen molar-refractivity contribution in [2.24, 2.45) is 16.5 Å². The lowest BCUT2D eigenvalue weighted by atomic mass is 10.00. The van der Waals surface area contributed by atoms with E-state index in [1.54, 1.807) is 0 Å². The fourth-order valence-electron chi connectivity index (χ4n) is 2.44. The van der Waals surface area contributed by atoms with Gasteiger partial charge in [0.25, 0.3) is 0 Å². The summed E-state index contributed by atoms with van der Waals surface area (Å²) in [4.78, 5) is 4.02. The highest BCUT2D eigenvalue weighted by Crippen LogP contribution is 2.39. The zero-order valence-corrected chi connectivity index (χ0v) is 14.0. The lowest BCUT2D eigenvalue weighted by molar-refractivity contribution is -0.137. The van der Waals surface area contributed by atoms with Gasteiger partial charge in [0.1, 0.15) is 0 Å². The molecule has 1 heterocycles. The van der Waals surface area contributed by atoms with Gasteiger partial charge in [-0.1, -0.05) is 35.3 Å². The van der Waals surface area contributed by atoms with E-state index < -0.39 is 17.5 Å². The third kappa shape index (κ3) is 3.38. The van der Waals surface area contributed by atoms with Gasteiger partial charge in [0.15, 0.2) is 0 Å². The molecule has 0 saturated carbocycles. The molecule has 6 N–H and O–H groups in total. The van der Waals surface area contributed by atoms with Crippen LogP contribution in [0.3, 0.4) is 0 Å². The SMILES string of the molecule is NC1=NC(N)(c2cc(Cl)c(-c3ccc(C(F)(F)F)cc3)c(Cl)c2)NN1. The number of benzene rings is 2. The first-order valence-electron chi connectivity index (χ1n) is 6.95. The summed E-state index contributed by atoms with van der Waals surface area (Å²) in [7, 11) is 0. The van der Waals surface area contributed by atoms with Crippen molar-refractivity contribution in [3.8, 4) is 11.1 Å². The fourth-order valence-corrected chi connectivity index (χ4v) is 3.14. The molecule has 3 rings (SSSR count). The third-order valence-electron chi connectivity index (χ3n) is 3.66. The summed E-state index contributed by atoms with van der Waals surface area (Å²) < 4.78 is 38.0. The summed E-state index contributed by atoms with van der Waals surface area (Å²) in [6, 6.07) is 7.59. The first-order valence-corrected chi connectivity index (χ1v) is 7.70. The van der Waals surface area contributed by atoms with Crippen molar-refractivity contribution >= 4 is 29.2 Å². The maximum atomic E-state index is 12.7. The number of nitrogens with two attached hydrogens (primary N) is 2. The summed E-state index contributed by atoms with van der Waals surface area (Å²) in [5.41, 5.74) is 17.4. The Morgan fingerprint density at radius 3 is 2.04 bits per heavy atom. The number of rotatable bonds is 2.